The smallest absolute Gasteiger partial charge is 0.331 e. The number of para-hydroxylation sites is 2. The molecular weight excluding hydrogens is 426 g/mol. The molecule has 1 aliphatic heterocycles. The molecule has 0 saturated heterocycles. The Morgan fingerprint density at radius 1 is 1.19 bits per heavy atom. The first-order valence-corrected chi connectivity index (χ1v) is 11.4. The largest absolute Gasteiger partial charge is 0.496 e. The Morgan fingerprint density at radius 2 is 1.94 bits per heavy atom. The molecule has 8 heteroatoms. The topological polar surface area (TPSA) is 96.7 Å². The highest BCUT2D eigenvalue weighted by molar-refractivity contribution is 7.99. The third-order valence-electron chi connectivity index (χ3n) is 5.45. The van der Waals surface area contributed by atoms with Crippen LogP contribution in [0.15, 0.2) is 68.0 Å². The van der Waals surface area contributed by atoms with Crippen LogP contribution >= 0.6 is 11.8 Å². The van der Waals surface area contributed by atoms with E-state index in [0.717, 1.165) is 28.3 Å². The molecule has 0 radical (unpaired) electrons. The number of unbranched alkanes of at least 4 members (excludes halogenated alkanes) is 1. The van der Waals surface area contributed by atoms with Gasteiger partial charge in [0.25, 0.3) is 5.56 Å². The van der Waals surface area contributed by atoms with Crippen LogP contribution in [0.5, 0.6) is 11.6 Å². The highest BCUT2D eigenvalue weighted by Crippen LogP contribution is 2.47. The minimum atomic E-state index is -0.637. The van der Waals surface area contributed by atoms with Gasteiger partial charge in [0.15, 0.2) is 0 Å². The highest BCUT2D eigenvalue weighted by Gasteiger charge is 2.28. The van der Waals surface area contributed by atoms with Crippen LogP contribution in [-0.4, -0.2) is 27.5 Å². The Kier molecular flexibility index (Phi) is 6.50. The molecule has 32 heavy (non-hydrogen) atoms. The number of aromatic nitrogens is 2. The Bertz CT molecular complexity index is 1280. The summed E-state index contributed by atoms with van der Waals surface area (Å²) in [6, 6.07) is 15.4. The number of aromatic amines is 1. The van der Waals surface area contributed by atoms with E-state index in [4.69, 9.17) is 9.73 Å². The van der Waals surface area contributed by atoms with Crippen LogP contribution in [0.1, 0.15) is 42.6 Å². The SMILES string of the molecule is CCCCn1c(O)c(C2=Nc3ccccc3S[C@H](c3ccccc3OC)C2)c(=O)[nH]c1=O. The highest BCUT2D eigenvalue weighted by atomic mass is 32.2. The standard InChI is InChI=1S/C24H25N3O4S/c1-3-4-13-27-23(29)21(22(28)26-24(27)30)17-14-20(15-9-5-7-11-18(15)31-2)32-19-12-8-6-10-16(19)25-17/h5-12,20,29H,3-4,13-14H2,1-2H3,(H,26,28,30)/t20-/m0/s1. The minimum absolute atomic E-state index is 0.0397. The Labute approximate surface area is 189 Å². The van der Waals surface area contributed by atoms with Gasteiger partial charge in [-0.15, -0.1) is 11.8 Å². The molecule has 0 aliphatic carbocycles. The summed E-state index contributed by atoms with van der Waals surface area (Å²) in [4.78, 5) is 33.3. The number of aromatic hydroxyl groups is 1. The van der Waals surface area contributed by atoms with Gasteiger partial charge in [0, 0.05) is 28.7 Å². The predicted molar refractivity (Wildman–Crippen MR) is 127 cm³/mol. The summed E-state index contributed by atoms with van der Waals surface area (Å²) < 4.78 is 6.79. The molecule has 1 aromatic heterocycles. The van der Waals surface area contributed by atoms with E-state index in [1.807, 2.05) is 55.5 Å². The first kappa shape index (κ1) is 22.0. The maximum atomic E-state index is 12.8. The molecule has 4 rings (SSSR count). The summed E-state index contributed by atoms with van der Waals surface area (Å²) in [7, 11) is 1.63. The number of methoxy groups -OCH3 is 1. The van der Waals surface area contributed by atoms with Crippen molar-refractivity contribution in [2.24, 2.45) is 4.99 Å². The average molecular weight is 452 g/mol. The van der Waals surface area contributed by atoms with Gasteiger partial charge in [-0.3, -0.25) is 19.3 Å². The molecule has 2 N–H and O–H groups in total. The number of nitrogens with one attached hydrogen (secondary N) is 1. The van der Waals surface area contributed by atoms with Crippen molar-refractivity contribution in [1.82, 2.24) is 9.55 Å². The lowest BCUT2D eigenvalue weighted by Gasteiger charge is -2.19. The van der Waals surface area contributed by atoms with Crippen LogP contribution in [0, 0.1) is 0 Å². The van der Waals surface area contributed by atoms with Gasteiger partial charge >= 0.3 is 5.69 Å². The molecule has 1 atom stereocenters. The van der Waals surface area contributed by atoms with Crippen molar-refractivity contribution < 1.29 is 9.84 Å². The number of hydrogen-bond acceptors (Lipinski definition) is 6. The van der Waals surface area contributed by atoms with E-state index in [-0.39, 0.29) is 16.7 Å². The molecule has 166 valence electrons. The van der Waals surface area contributed by atoms with Gasteiger partial charge in [-0.2, -0.15) is 0 Å². The quantitative estimate of drug-likeness (QED) is 0.579. The summed E-state index contributed by atoms with van der Waals surface area (Å²) in [5, 5.41) is 10.8. The molecule has 0 bridgehead atoms. The summed E-state index contributed by atoms with van der Waals surface area (Å²) in [5.41, 5.74) is 0.909. The van der Waals surface area contributed by atoms with Gasteiger partial charge in [0.2, 0.25) is 5.88 Å². The molecule has 3 aromatic rings. The zero-order valence-electron chi connectivity index (χ0n) is 18.0. The first-order chi connectivity index (χ1) is 15.5. The van der Waals surface area contributed by atoms with E-state index in [1.54, 1.807) is 18.9 Å². The lowest BCUT2D eigenvalue weighted by molar-refractivity contribution is 0.394. The molecule has 2 heterocycles. The maximum absolute atomic E-state index is 12.8. The summed E-state index contributed by atoms with van der Waals surface area (Å²) >= 11 is 1.63. The molecule has 0 spiro atoms. The molecule has 0 amide bonds. The second kappa shape index (κ2) is 9.48. The number of nitrogens with zero attached hydrogens (tertiary/aromatic N) is 2. The van der Waals surface area contributed by atoms with Crippen LogP contribution in [0.2, 0.25) is 0 Å². The van der Waals surface area contributed by atoms with Crippen molar-refractivity contribution >= 4 is 23.2 Å². The number of thioether (sulfide) groups is 1. The minimum Gasteiger partial charge on any atom is -0.496 e. The number of fused-ring (bicyclic) bond motifs is 1. The first-order valence-electron chi connectivity index (χ1n) is 10.6. The lowest BCUT2D eigenvalue weighted by atomic mass is 10.0. The second-order valence-electron chi connectivity index (χ2n) is 7.54. The summed E-state index contributed by atoms with van der Waals surface area (Å²) in [6.07, 6.45) is 1.93. The van der Waals surface area contributed by atoms with Crippen molar-refractivity contribution in [3.8, 4) is 11.6 Å². The maximum Gasteiger partial charge on any atom is 0.331 e. The zero-order valence-corrected chi connectivity index (χ0v) is 18.8. The number of ether oxygens (including phenoxy) is 1. The van der Waals surface area contributed by atoms with Crippen molar-refractivity contribution in [3.05, 3.63) is 80.5 Å². The van der Waals surface area contributed by atoms with Crippen LogP contribution in [0.3, 0.4) is 0 Å². The third kappa shape index (κ3) is 4.23. The van der Waals surface area contributed by atoms with Gasteiger partial charge in [-0.1, -0.05) is 43.7 Å². The molecular formula is C24H25N3O4S. The van der Waals surface area contributed by atoms with Gasteiger partial charge in [0.05, 0.1) is 18.5 Å². The Balaban J connectivity index is 1.89. The Hall–Kier alpha value is -3.26. The van der Waals surface area contributed by atoms with E-state index in [2.05, 4.69) is 4.98 Å². The van der Waals surface area contributed by atoms with Gasteiger partial charge in [-0.25, -0.2) is 4.79 Å². The fourth-order valence-corrected chi connectivity index (χ4v) is 5.08. The number of rotatable bonds is 6. The summed E-state index contributed by atoms with van der Waals surface area (Å²) in [5.74, 6) is 0.406. The van der Waals surface area contributed by atoms with E-state index >= 15 is 0 Å². The number of H-pyrrole nitrogens is 1. The number of aliphatic imine (C=N–C) groups is 1. The molecule has 7 nitrogen and oxygen atoms in total. The van der Waals surface area contributed by atoms with E-state index < -0.39 is 11.2 Å². The monoisotopic (exact) mass is 451 g/mol. The summed E-state index contributed by atoms with van der Waals surface area (Å²) in [6.45, 7) is 2.32. The average Bonchev–Trinajstić information content (AvgIpc) is 2.98. The number of hydrogen-bond donors (Lipinski definition) is 2. The Morgan fingerprint density at radius 3 is 2.72 bits per heavy atom. The van der Waals surface area contributed by atoms with Gasteiger partial charge in [0.1, 0.15) is 11.3 Å². The van der Waals surface area contributed by atoms with Gasteiger partial charge < -0.3 is 9.84 Å². The third-order valence-corrected chi connectivity index (χ3v) is 6.75. The van der Waals surface area contributed by atoms with Crippen molar-refractivity contribution in [3.63, 3.8) is 0 Å². The second-order valence-corrected chi connectivity index (χ2v) is 8.79. The number of benzene rings is 2. The van der Waals surface area contributed by atoms with E-state index in [0.29, 0.717) is 25.1 Å². The van der Waals surface area contributed by atoms with Crippen LogP contribution in [-0.2, 0) is 6.54 Å². The van der Waals surface area contributed by atoms with Crippen LogP contribution < -0.4 is 16.0 Å². The van der Waals surface area contributed by atoms with E-state index in [9.17, 15) is 14.7 Å². The molecule has 1 aliphatic rings. The van der Waals surface area contributed by atoms with Crippen molar-refractivity contribution in [2.45, 2.75) is 42.9 Å². The van der Waals surface area contributed by atoms with Crippen molar-refractivity contribution in [1.29, 1.82) is 0 Å². The van der Waals surface area contributed by atoms with Crippen LogP contribution in [0.4, 0.5) is 5.69 Å². The molecule has 0 unspecified atom stereocenters. The predicted octanol–water partition coefficient (Wildman–Crippen LogP) is 4.41. The van der Waals surface area contributed by atoms with Gasteiger partial charge in [-0.05, 0) is 24.6 Å². The van der Waals surface area contributed by atoms with E-state index in [1.165, 1.54) is 4.57 Å². The fraction of sp³-hybridized carbons (Fsp3) is 0.292. The van der Waals surface area contributed by atoms with Crippen molar-refractivity contribution in [2.75, 3.05) is 7.11 Å². The normalized spacial score (nSPS) is 15.6. The van der Waals surface area contributed by atoms with Crippen LogP contribution in [0.25, 0.3) is 0 Å². The molecule has 0 fully saturated rings. The fourth-order valence-electron chi connectivity index (χ4n) is 3.82. The lowest BCUT2D eigenvalue weighted by Crippen LogP contribution is -2.34. The zero-order chi connectivity index (χ0) is 22.7. The molecule has 2 aromatic carbocycles. The molecule has 0 saturated carbocycles.